The molecule has 0 aromatic heterocycles. The highest BCUT2D eigenvalue weighted by atomic mass is 79.9. The third kappa shape index (κ3) is 3.75. The number of halogens is 2. The Kier molecular flexibility index (Phi) is 4.99. The lowest BCUT2D eigenvalue weighted by molar-refractivity contribution is 0.199. The topological polar surface area (TPSA) is 3.24 Å². The van der Waals surface area contributed by atoms with E-state index in [1.807, 2.05) is 0 Å². The summed E-state index contributed by atoms with van der Waals surface area (Å²) in [6.45, 7) is 9.47. The summed E-state index contributed by atoms with van der Waals surface area (Å²) in [6.07, 6.45) is 2.61. The predicted octanol–water partition coefficient (Wildman–Crippen LogP) is 5.61. The Hall–Kier alpha value is -0.0200. The van der Waals surface area contributed by atoms with Gasteiger partial charge in [0, 0.05) is 28.6 Å². The molecule has 106 valence electrons. The van der Waals surface area contributed by atoms with E-state index in [2.05, 4.69) is 75.7 Å². The van der Waals surface area contributed by atoms with Gasteiger partial charge in [-0.25, -0.2) is 0 Å². The second-order valence-corrected chi connectivity index (χ2v) is 7.95. The Labute approximate surface area is 134 Å². The largest absolute Gasteiger partial charge is 0.371 e. The van der Waals surface area contributed by atoms with E-state index in [1.54, 1.807) is 0 Å². The van der Waals surface area contributed by atoms with Gasteiger partial charge < -0.3 is 4.90 Å². The van der Waals surface area contributed by atoms with Crippen molar-refractivity contribution >= 4 is 37.5 Å². The van der Waals surface area contributed by atoms with Gasteiger partial charge in [-0.05, 0) is 41.9 Å². The van der Waals surface area contributed by atoms with Gasteiger partial charge in [0.2, 0.25) is 0 Å². The molecule has 0 amide bonds. The van der Waals surface area contributed by atoms with Crippen LogP contribution in [0.4, 0.5) is 5.69 Å². The van der Waals surface area contributed by atoms with Crippen LogP contribution in [0.25, 0.3) is 0 Å². The van der Waals surface area contributed by atoms with Crippen LogP contribution >= 0.6 is 31.9 Å². The van der Waals surface area contributed by atoms with Crippen molar-refractivity contribution in [1.82, 2.24) is 0 Å². The average Bonchev–Trinajstić information content (AvgIpc) is 2.38. The molecular formula is C16H23Br2N. The number of nitrogens with zero attached hydrogens (tertiary/aromatic N) is 1. The lowest BCUT2D eigenvalue weighted by Crippen LogP contribution is -2.38. The zero-order valence-electron chi connectivity index (χ0n) is 12.0. The van der Waals surface area contributed by atoms with E-state index in [0.717, 1.165) is 11.2 Å². The number of rotatable bonds is 2. The van der Waals surface area contributed by atoms with Gasteiger partial charge in [0.25, 0.3) is 0 Å². The van der Waals surface area contributed by atoms with Gasteiger partial charge in [-0.3, -0.25) is 0 Å². The summed E-state index contributed by atoms with van der Waals surface area (Å²) in [5, 5.41) is 0.903. The maximum absolute atomic E-state index is 3.66. The van der Waals surface area contributed by atoms with Gasteiger partial charge in [-0.15, -0.1) is 0 Å². The van der Waals surface area contributed by atoms with Gasteiger partial charge >= 0.3 is 0 Å². The summed E-state index contributed by atoms with van der Waals surface area (Å²) in [7, 11) is 0. The molecule has 1 saturated heterocycles. The van der Waals surface area contributed by atoms with Crippen LogP contribution in [0, 0.1) is 11.3 Å². The minimum atomic E-state index is 0.451. The molecule has 0 bridgehead atoms. The van der Waals surface area contributed by atoms with E-state index >= 15 is 0 Å². The van der Waals surface area contributed by atoms with Gasteiger partial charge in [0.05, 0.1) is 0 Å². The van der Waals surface area contributed by atoms with E-state index < -0.39 is 0 Å². The quantitative estimate of drug-likeness (QED) is 0.595. The van der Waals surface area contributed by atoms with E-state index in [0.29, 0.717) is 5.41 Å². The minimum absolute atomic E-state index is 0.451. The summed E-state index contributed by atoms with van der Waals surface area (Å²) >= 11 is 7.18. The highest BCUT2D eigenvalue weighted by Crippen LogP contribution is 2.36. The molecule has 0 N–H and O–H groups in total. The van der Waals surface area contributed by atoms with Crippen LogP contribution in [0.2, 0.25) is 0 Å². The molecule has 0 aliphatic carbocycles. The van der Waals surface area contributed by atoms with E-state index in [-0.39, 0.29) is 0 Å². The minimum Gasteiger partial charge on any atom is -0.371 e. The number of alkyl halides is 1. The van der Waals surface area contributed by atoms with Crippen molar-refractivity contribution in [1.29, 1.82) is 0 Å². The molecule has 1 heterocycles. The fourth-order valence-corrected chi connectivity index (χ4v) is 4.22. The van der Waals surface area contributed by atoms with Gasteiger partial charge in [-0.1, -0.05) is 58.7 Å². The van der Waals surface area contributed by atoms with Crippen LogP contribution in [-0.4, -0.2) is 13.1 Å². The number of piperidine rings is 1. The number of benzene rings is 1. The molecule has 1 aromatic rings. The molecule has 0 spiro atoms. The van der Waals surface area contributed by atoms with Crippen molar-refractivity contribution in [3.8, 4) is 0 Å². The molecule has 1 fully saturated rings. The first-order valence-corrected chi connectivity index (χ1v) is 8.92. The third-order valence-electron chi connectivity index (χ3n) is 4.27. The fourth-order valence-electron chi connectivity index (χ4n) is 2.85. The van der Waals surface area contributed by atoms with Crippen molar-refractivity contribution in [3.05, 3.63) is 28.2 Å². The molecular weight excluding hydrogens is 366 g/mol. The van der Waals surface area contributed by atoms with Crippen molar-refractivity contribution in [2.45, 2.75) is 38.9 Å². The number of anilines is 1. The first kappa shape index (κ1) is 15.4. The highest BCUT2D eigenvalue weighted by Gasteiger charge is 2.28. The Morgan fingerprint density at radius 2 is 1.84 bits per heavy atom. The van der Waals surface area contributed by atoms with Crippen molar-refractivity contribution < 1.29 is 0 Å². The maximum Gasteiger partial charge on any atom is 0.0377 e. The molecule has 0 unspecified atom stereocenters. The molecule has 1 aliphatic heterocycles. The molecule has 3 heteroatoms. The van der Waals surface area contributed by atoms with Crippen molar-refractivity contribution in [2.75, 3.05) is 18.0 Å². The summed E-state index contributed by atoms with van der Waals surface area (Å²) < 4.78 is 1.21. The molecule has 0 atom stereocenters. The second-order valence-electron chi connectivity index (χ2n) is 6.54. The van der Waals surface area contributed by atoms with Gasteiger partial charge in [0.1, 0.15) is 0 Å². The normalized spacial score (nSPS) is 17.8. The Morgan fingerprint density at radius 3 is 2.32 bits per heavy atom. The molecule has 0 saturated carbocycles. The van der Waals surface area contributed by atoms with Crippen LogP contribution in [0.3, 0.4) is 0 Å². The predicted molar refractivity (Wildman–Crippen MR) is 91.2 cm³/mol. The standard InChI is InChI=1S/C16H23Br2N/c1-16(2,3)13-6-8-19(9-7-13)14-5-4-12(11-17)15(18)10-14/h4-5,10,13H,6-9,11H2,1-3H3. The Morgan fingerprint density at radius 1 is 1.21 bits per heavy atom. The molecule has 2 rings (SSSR count). The van der Waals surface area contributed by atoms with Gasteiger partial charge in [0.15, 0.2) is 0 Å². The smallest absolute Gasteiger partial charge is 0.0377 e. The summed E-state index contributed by atoms with van der Waals surface area (Å²) in [5.74, 6) is 0.856. The number of hydrogen-bond acceptors (Lipinski definition) is 1. The van der Waals surface area contributed by atoms with Crippen LogP contribution in [-0.2, 0) is 5.33 Å². The number of hydrogen-bond donors (Lipinski definition) is 0. The zero-order chi connectivity index (χ0) is 14.0. The van der Waals surface area contributed by atoms with Crippen LogP contribution in [0.1, 0.15) is 39.2 Å². The van der Waals surface area contributed by atoms with E-state index in [4.69, 9.17) is 0 Å². The molecule has 1 aromatic carbocycles. The lowest BCUT2D eigenvalue weighted by Gasteiger charge is -2.39. The van der Waals surface area contributed by atoms with E-state index in [1.165, 1.54) is 41.7 Å². The first-order chi connectivity index (χ1) is 8.91. The highest BCUT2D eigenvalue weighted by molar-refractivity contribution is 9.10. The first-order valence-electron chi connectivity index (χ1n) is 7.01. The van der Waals surface area contributed by atoms with Crippen LogP contribution in [0.15, 0.2) is 22.7 Å². The lowest BCUT2D eigenvalue weighted by atomic mass is 9.75. The summed E-state index contributed by atoms with van der Waals surface area (Å²) in [4.78, 5) is 2.52. The van der Waals surface area contributed by atoms with Crippen LogP contribution in [0.5, 0.6) is 0 Å². The Bertz CT molecular complexity index is 429. The third-order valence-corrected chi connectivity index (χ3v) is 5.61. The Balaban J connectivity index is 2.04. The summed E-state index contributed by atoms with van der Waals surface area (Å²) in [5.41, 5.74) is 3.12. The maximum atomic E-state index is 3.66. The zero-order valence-corrected chi connectivity index (χ0v) is 15.2. The fraction of sp³-hybridized carbons (Fsp3) is 0.625. The average molecular weight is 389 g/mol. The molecule has 0 radical (unpaired) electrons. The van der Waals surface area contributed by atoms with Gasteiger partial charge in [-0.2, -0.15) is 0 Å². The molecule has 19 heavy (non-hydrogen) atoms. The van der Waals surface area contributed by atoms with Crippen LogP contribution < -0.4 is 4.90 Å². The second kappa shape index (κ2) is 6.17. The SMILES string of the molecule is CC(C)(C)C1CCN(c2ccc(CBr)c(Br)c2)CC1. The molecule has 1 nitrogen and oxygen atoms in total. The van der Waals surface area contributed by atoms with Crippen molar-refractivity contribution in [3.63, 3.8) is 0 Å². The molecule has 1 aliphatic rings. The summed E-state index contributed by atoms with van der Waals surface area (Å²) in [6, 6.07) is 6.72. The monoisotopic (exact) mass is 387 g/mol. The van der Waals surface area contributed by atoms with Crippen molar-refractivity contribution in [2.24, 2.45) is 11.3 Å². The van der Waals surface area contributed by atoms with E-state index in [9.17, 15) is 0 Å².